The Morgan fingerprint density at radius 1 is 1.31 bits per heavy atom. The number of H-pyrrole nitrogens is 1. The Morgan fingerprint density at radius 2 is 2.12 bits per heavy atom. The largest absolute Gasteiger partial charge is 0.347 e. The van der Waals surface area contributed by atoms with Crippen LogP contribution < -0.4 is 10.9 Å². The molecular formula is C20H23N3O2S. The minimum atomic E-state index is -0.129. The molecule has 0 saturated carbocycles. The summed E-state index contributed by atoms with van der Waals surface area (Å²) >= 11 is 1.55. The topological polar surface area (TPSA) is 74.8 Å². The zero-order chi connectivity index (χ0) is 18.5. The van der Waals surface area contributed by atoms with Crippen molar-refractivity contribution in [1.29, 1.82) is 0 Å². The summed E-state index contributed by atoms with van der Waals surface area (Å²) in [7, 11) is 0. The highest BCUT2D eigenvalue weighted by atomic mass is 32.1. The van der Waals surface area contributed by atoms with Gasteiger partial charge < -0.3 is 10.3 Å². The van der Waals surface area contributed by atoms with Crippen LogP contribution in [-0.2, 0) is 11.2 Å². The van der Waals surface area contributed by atoms with E-state index >= 15 is 0 Å². The Kier molecular flexibility index (Phi) is 5.83. The molecule has 0 aliphatic carbocycles. The lowest BCUT2D eigenvalue weighted by Gasteiger charge is -2.18. The maximum absolute atomic E-state index is 12.4. The fourth-order valence-corrected chi connectivity index (χ4v) is 3.69. The van der Waals surface area contributed by atoms with Crippen molar-refractivity contribution in [3.63, 3.8) is 0 Å². The van der Waals surface area contributed by atoms with E-state index in [-0.39, 0.29) is 23.9 Å². The van der Waals surface area contributed by atoms with Gasteiger partial charge in [0.2, 0.25) is 5.91 Å². The smallest absolute Gasteiger partial charge is 0.251 e. The summed E-state index contributed by atoms with van der Waals surface area (Å²) in [5, 5.41) is 6.90. The van der Waals surface area contributed by atoms with Crippen molar-refractivity contribution in [1.82, 2.24) is 15.3 Å². The molecule has 3 rings (SSSR count). The normalized spacial score (nSPS) is 12.4. The van der Waals surface area contributed by atoms with E-state index in [0.29, 0.717) is 17.9 Å². The number of hydrogen-bond acceptors (Lipinski definition) is 4. The molecule has 1 atom stereocenters. The van der Waals surface area contributed by atoms with Crippen molar-refractivity contribution in [2.24, 2.45) is 5.92 Å². The minimum absolute atomic E-state index is 0.0570. The molecule has 136 valence electrons. The predicted octanol–water partition coefficient (Wildman–Crippen LogP) is 3.82. The molecule has 0 fully saturated rings. The summed E-state index contributed by atoms with van der Waals surface area (Å²) in [6, 6.07) is 9.44. The highest BCUT2D eigenvalue weighted by molar-refractivity contribution is 7.09. The number of rotatable bonds is 7. The van der Waals surface area contributed by atoms with Gasteiger partial charge in [-0.25, -0.2) is 4.98 Å². The summed E-state index contributed by atoms with van der Waals surface area (Å²) in [5.74, 6) is 0.394. The Morgan fingerprint density at radius 3 is 2.85 bits per heavy atom. The molecule has 26 heavy (non-hydrogen) atoms. The number of aromatic amines is 1. The number of carbonyl (C=O) groups excluding carboxylic acids is 1. The number of carbonyl (C=O) groups is 1. The molecule has 2 N–H and O–H groups in total. The number of aryl methyl sites for hydroxylation is 1. The SMILES string of the molecule is CC(C)CC(NC(=O)CCc1cc2ccccc2[nH]c1=O)c1nccs1. The van der Waals surface area contributed by atoms with Gasteiger partial charge in [0, 0.05) is 29.1 Å². The molecule has 5 nitrogen and oxygen atoms in total. The molecule has 6 heteroatoms. The number of para-hydroxylation sites is 1. The third-order valence-corrected chi connectivity index (χ3v) is 5.13. The molecule has 0 aliphatic rings. The number of amides is 1. The predicted molar refractivity (Wildman–Crippen MR) is 105 cm³/mol. The third-order valence-electron chi connectivity index (χ3n) is 4.24. The van der Waals surface area contributed by atoms with Crippen LogP contribution in [0.5, 0.6) is 0 Å². The highest BCUT2D eigenvalue weighted by Gasteiger charge is 2.18. The Hall–Kier alpha value is -2.47. The van der Waals surface area contributed by atoms with Crippen LogP contribution in [0.25, 0.3) is 10.9 Å². The number of benzene rings is 1. The molecule has 1 amide bonds. The number of aromatic nitrogens is 2. The lowest BCUT2D eigenvalue weighted by molar-refractivity contribution is -0.121. The monoisotopic (exact) mass is 369 g/mol. The van der Waals surface area contributed by atoms with Crippen LogP contribution in [-0.4, -0.2) is 15.9 Å². The average molecular weight is 369 g/mol. The van der Waals surface area contributed by atoms with E-state index in [9.17, 15) is 9.59 Å². The van der Waals surface area contributed by atoms with Crippen LogP contribution in [0.1, 0.15) is 43.3 Å². The van der Waals surface area contributed by atoms with Crippen molar-refractivity contribution < 1.29 is 4.79 Å². The van der Waals surface area contributed by atoms with E-state index in [4.69, 9.17) is 0 Å². The van der Waals surface area contributed by atoms with Crippen molar-refractivity contribution in [3.05, 3.63) is 62.8 Å². The zero-order valence-electron chi connectivity index (χ0n) is 15.0. The average Bonchev–Trinajstić information content (AvgIpc) is 3.13. The Labute approximate surface area is 156 Å². The minimum Gasteiger partial charge on any atom is -0.347 e. The van der Waals surface area contributed by atoms with Crippen LogP contribution in [0.3, 0.4) is 0 Å². The van der Waals surface area contributed by atoms with Gasteiger partial charge in [0.15, 0.2) is 0 Å². The zero-order valence-corrected chi connectivity index (χ0v) is 15.8. The molecule has 2 heterocycles. The fourth-order valence-electron chi connectivity index (χ4n) is 2.99. The first-order valence-corrected chi connectivity index (χ1v) is 9.70. The van der Waals surface area contributed by atoms with Gasteiger partial charge in [0.25, 0.3) is 5.56 Å². The summed E-state index contributed by atoms with van der Waals surface area (Å²) < 4.78 is 0. The Balaban J connectivity index is 1.66. The second-order valence-corrected chi connectivity index (χ2v) is 7.76. The molecule has 3 aromatic rings. The molecule has 0 saturated heterocycles. The van der Waals surface area contributed by atoms with Gasteiger partial charge in [-0.3, -0.25) is 9.59 Å². The van der Waals surface area contributed by atoms with Crippen molar-refractivity contribution in [2.75, 3.05) is 0 Å². The number of thiazole rings is 1. The van der Waals surface area contributed by atoms with Crippen LogP contribution >= 0.6 is 11.3 Å². The molecule has 0 aliphatic heterocycles. The summed E-state index contributed by atoms with van der Waals surface area (Å²) in [4.78, 5) is 31.9. The summed E-state index contributed by atoms with van der Waals surface area (Å²) in [6.45, 7) is 4.25. The van der Waals surface area contributed by atoms with Crippen molar-refractivity contribution >= 4 is 28.1 Å². The van der Waals surface area contributed by atoms with Gasteiger partial charge in [-0.05, 0) is 36.3 Å². The quantitative estimate of drug-likeness (QED) is 0.665. The first kappa shape index (κ1) is 18.3. The van der Waals surface area contributed by atoms with Crippen molar-refractivity contribution in [3.8, 4) is 0 Å². The van der Waals surface area contributed by atoms with E-state index in [2.05, 4.69) is 29.1 Å². The third kappa shape index (κ3) is 4.58. The van der Waals surface area contributed by atoms with Gasteiger partial charge in [0.05, 0.1) is 6.04 Å². The maximum atomic E-state index is 12.4. The molecule has 1 unspecified atom stereocenters. The van der Waals surface area contributed by atoms with Crippen LogP contribution in [0.15, 0.2) is 46.7 Å². The maximum Gasteiger partial charge on any atom is 0.251 e. The van der Waals surface area contributed by atoms with Crippen molar-refractivity contribution in [2.45, 2.75) is 39.2 Å². The molecular weight excluding hydrogens is 346 g/mol. The molecule has 0 bridgehead atoms. The van der Waals surface area contributed by atoms with E-state index in [1.165, 1.54) is 0 Å². The lowest BCUT2D eigenvalue weighted by Crippen LogP contribution is -2.30. The van der Waals surface area contributed by atoms with Gasteiger partial charge in [-0.1, -0.05) is 32.0 Å². The number of pyridine rings is 1. The standard InChI is InChI=1S/C20H23N3O2S/c1-13(2)11-17(20-21-9-10-26-20)22-18(24)8-7-15-12-14-5-3-4-6-16(14)23-19(15)25/h3-6,9-10,12-13,17H,7-8,11H2,1-2H3,(H,22,24)(H,23,25). The number of nitrogens with one attached hydrogen (secondary N) is 2. The molecule has 0 spiro atoms. The van der Waals surface area contributed by atoms with Gasteiger partial charge >= 0.3 is 0 Å². The molecule has 1 aromatic carbocycles. The van der Waals surface area contributed by atoms with Gasteiger partial charge in [-0.15, -0.1) is 11.3 Å². The van der Waals surface area contributed by atoms with E-state index < -0.39 is 0 Å². The van der Waals surface area contributed by atoms with Crippen LogP contribution in [0.4, 0.5) is 0 Å². The van der Waals surface area contributed by atoms with Gasteiger partial charge in [0.1, 0.15) is 5.01 Å². The van der Waals surface area contributed by atoms with E-state index in [0.717, 1.165) is 22.3 Å². The highest BCUT2D eigenvalue weighted by Crippen LogP contribution is 2.23. The van der Waals surface area contributed by atoms with Gasteiger partial charge in [-0.2, -0.15) is 0 Å². The second-order valence-electron chi connectivity index (χ2n) is 6.83. The Bertz CT molecular complexity index is 932. The van der Waals surface area contributed by atoms with E-state index in [1.54, 1.807) is 17.5 Å². The summed E-state index contributed by atoms with van der Waals surface area (Å²) in [5.41, 5.74) is 1.31. The van der Waals surface area contributed by atoms with Crippen LogP contribution in [0, 0.1) is 5.92 Å². The number of nitrogens with zero attached hydrogens (tertiary/aromatic N) is 1. The first-order valence-electron chi connectivity index (χ1n) is 8.82. The number of hydrogen-bond donors (Lipinski definition) is 2. The molecule has 0 radical (unpaired) electrons. The number of fused-ring (bicyclic) bond motifs is 1. The second kappa shape index (κ2) is 8.27. The first-order chi connectivity index (χ1) is 12.5. The summed E-state index contributed by atoms with van der Waals surface area (Å²) in [6.07, 6.45) is 3.30. The molecule has 2 aromatic heterocycles. The lowest BCUT2D eigenvalue weighted by atomic mass is 10.0. The fraction of sp³-hybridized carbons (Fsp3) is 0.350. The van der Waals surface area contributed by atoms with Crippen LogP contribution in [0.2, 0.25) is 0 Å². The van der Waals surface area contributed by atoms with E-state index in [1.807, 2.05) is 35.7 Å².